The highest BCUT2D eigenvalue weighted by atomic mass is 16.6. The lowest BCUT2D eigenvalue weighted by Crippen LogP contribution is -2.30. The summed E-state index contributed by atoms with van der Waals surface area (Å²) in [5.41, 5.74) is 0. The van der Waals surface area contributed by atoms with Gasteiger partial charge in [0.15, 0.2) is 6.10 Å². The Morgan fingerprint density at radius 2 is 0.613 bits per heavy atom. The summed E-state index contributed by atoms with van der Waals surface area (Å²) in [5, 5.41) is 0. The van der Waals surface area contributed by atoms with Gasteiger partial charge in [0.25, 0.3) is 0 Å². The van der Waals surface area contributed by atoms with Crippen molar-refractivity contribution in [3.63, 3.8) is 0 Å². The van der Waals surface area contributed by atoms with Crippen LogP contribution in [-0.2, 0) is 28.6 Å². The van der Waals surface area contributed by atoms with Crippen molar-refractivity contribution in [3.05, 3.63) is 24.3 Å². The second-order valence-corrected chi connectivity index (χ2v) is 18.5. The standard InChI is InChI=1S/C56H104O6/c1-4-7-10-13-16-19-21-23-24-25-26-27-28-29-30-31-33-34-37-40-43-46-49-55(58)61-52-53(51-60-54(57)48-45-42-39-36-18-15-12-9-6-3)62-56(59)50-47-44-41-38-35-32-22-20-17-14-11-8-5-2/h11,14,20,22,53H,4-10,12-13,15-19,21,23-52H2,1-3H3/b14-11-,22-20-. The zero-order chi connectivity index (χ0) is 45.1. The van der Waals surface area contributed by atoms with Gasteiger partial charge in [-0.1, -0.05) is 257 Å². The molecule has 0 spiro atoms. The Balaban J connectivity index is 4.18. The molecular formula is C56H104O6. The van der Waals surface area contributed by atoms with E-state index in [9.17, 15) is 14.4 Å². The first kappa shape index (κ1) is 59.9. The van der Waals surface area contributed by atoms with Gasteiger partial charge in [-0.3, -0.25) is 14.4 Å². The minimum absolute atomic E-state index is 0.0723. The van der Waals surface area contributed by atoms with Crippen molar-refractivity contribution in [2.45, 2.75) is 303 Å². The number of carbonyl (C=O) groups excluding carboxylic acids is 3. The highest BCUT2D eigenvalue weighted by molar-refractivity contribution is 5.71. The number of hydrogen-bond donors (Lipinski definition) is 0. The molecule has 62 heavy (non-hydrogen) atoms. The van der Waals surface area contributed by atoms with Gasteiger partial charge in [0.1, 0.15) is 13.2 Å². The van der Waals surface area contributed by atoms with E-state index in [2.05, 4.69) is 45.1 Å². The molecule has 0 rings (SSSR count). The Morgan fingerprint density at radius 3 is 0.952 bits per heavy atom. The van der Waals surface area contributed by atoms with Crippen LogP contribution < -0.4 is 0 Å². The Hall–Kier alpha value is -2.11. The molecule has 0 radical (unpaired) electrons. The molecule has 0 saturated carbocycles. The van der Waals surface area contributed by atoms with Crippen LogP contribution in [0.25, 0.3) is 0 Å². The maximum atomic E-state index is 12.8. The highest BCUT2D eigenvalue weighted by Crippen LogP contribution is 2.17. The number of allylic oxidation sites excluding steroid dienone is 4. The Morgan fingerprint density at radius 1 is 0.323 bits per heavy atom. The molecular weight excluding hydrogens is 769 g/mol. The average molecular weight is 873 g/mol. The maximum absolute atomic E-state index is 12.8. The number of unbranched alkanes of at least 4 members (excludes halogenated alkanes) is 35. The molecule has 0 bridgehead atoms. The summed E-state index contributed by atoms with van der Waals surface area (Å²) in [6.45, 7) is 6.58. The molecule has 0 heterocycles. The number of rotatable bonds is 50. The van der Waals surface area contributed by atoms with Crippen molar-refractivity contribution in [3.8, 4) is 0 Å². The van der Waals surface area contributed by atoms with Crippen molar-refractivity contribution in [1.29, 1.82) is 0 Å². The first-order chi connectivity index (χ1) is 30.5. The average Bonchev–Trinajstić information content (AvgIpc) is 3.27. The fourth-order valence-corrected chi connectivity index (χ4v) is 8.07. The molecule has 0 fully saturated rings. The van der Waals surface area contributed by atoms with E-state index >= 15 is 0 Å². The SMILES string of the molecule is CCC/C=C\C/C=C\CCCCCCCC(=O)OC(COC(=O)CCCCCCCCCCC)COC(=O)CCCCCCCCCCCCCCCCCCCCCCCC. The van der Waals surface area contributed by atoms with Crippen molar-refractivity contribution in [2.75, 3.05) is 13.2 Å². The monoisotopic (exact) mass is 873 g/mol. The van der Waals surface area contributed by atoms with Crippen molar-refractivity contribution in [1.82, 2.24) is 0 Å². The molecule has 6 heteroatoms. The van der Waals surface area contributed by atoms with Gasteiger partial charge in [0.05, 0.1) is 0 Å². The largest absolute Gasteiger partial charge is 0.462 e. The van der Waals surface area contributed by atoms with Gasteiger partial charge in [0.2, 0.25) is 0 Å². The predicted octanol–water partition coefficient (Wildman–Crippen LogP) is 17.9. The van der Waals surface area contributed by atoms with E-state index in [0.29, 0.717) is 19.3 Å². The summed E-state index contributed by atoms with van der Waals surface area (Å²) in [6.07, 6.45) is 59.0. The lowest BCUT2D eigenvalue weighted by atomic mass is 10.0. The topological polar surface area (TPSA) is 78.9 Å². The quantitative estimate of drug-likeness (QED) is 0.0262. The summed E-state index contributed by atoms with van der Waals surface area (Å²) in [5.74, 6) is -0.874. The summed E-state index contributed by atoms with van der Waals surface area (Å²) >= 11 is 0. The Kier molecular flexibility index (Phi) is 49.8. The number of hydrogen-bond acceptors (Lipinski definition) is 6. The van der Waals surface area contributed by atoms with E-state index in [1.165, 1.54) is 167 Å². The molecule has 1 unspecified atom stereocenters. The maximum Gasteiger partial charge on any atom is 0.306 e. The molecule has 0 aliphatic rings. The van der Waals surface area contributed by atoms with Crippen LogP contribution in [0.3, 0.4) is 0 Å². The van der Waals surface area contributed by atoms with Gasteiger partial charge in [-0.25, -0.2) is 0 Å². The Bertz CT molecular complexity index is 1000. The fraction of sp³-hybridized carbons (Fsp3) is 0.875. The van der Waals surface area contributed by atoms with Crippen molar-refractivity contribution >= 4 is 17.9 Å². The first-order valence-electron chi connectivity index (χ1n) is 27.3. The zero-order valence-electron chi connectivity index (χ0n) is 41.7. The molecule has 0 N–H and O–H groups in total. The third-order valence-electron chi connectivity index (χ3n) is 12.2. The van der Waals surface area contributed by atoms with Crippen molar-refractivity contribution < 1.29 is 28.6 Å². The predicted molar refractivity (Wildman–Crippen MR) is 266 cm³/mol. The van der Waals surface area contributed by atoms with Gasteiger partial charge < -0.3 is 14.2 Å². The van der Waals surface area contributed by atoms with Gasteiger partial charge in [-0.2, -0.15) is 0 Å². The molecule has 364 valence electrons. The summed E-state index contributed by atoms with van der Waals surface area (Å²) < 4.78 is 16.8. The smallest absolute Gasteiger partial charge is 0.306 e. The summed E-state index contributed by atoms with van der Waals surface area (Å²) in [6, 6.07) is 0. The van der Waals surface area contributed by atoms with Crippen molar-refractivity contribution in [2.24, 2.45) is 0 Å². The summed E-state index contributed by atoms with van der Waals surface area (Å²) in [4.78, 5) is 37.9. The van der Waals surface area contributed by atoms with Gasteiger partial charge in [0, 0.05) is 19.3 Å². The molecule has 0 aliphatic heterocycles. The number of carbonyl (C=O) groups is 3. The van der Waals surface area contributed by atoms with E-state index in [4.69, 9.17) is 14.2 Å². The van der Waals surface area contributed by atoms with E-state index in [1.54, 1.807) is 0 Å². The lowest BCUT2D eigenvalue weighted by Gasteiger charge is -2.18. The van der Waals surface area contributed by atoms with Gasteiger partial charge >= 0.3 is 17.9 Å². The summed E-state index contributed by atoms with van der Waals surface area (Å²) in [7, 11) is 0. The van der Waals surface area contributed by atoms with Crippen LogP contribution >= 0.6 is 0 Å². The van der Waals surface area contributed by atoms with E-state index in [-0.39, 0.29) is 31.1 Å². The molecule has 0 aliphatic carbocycles. The molecule has 6 nitrogen and oxygen atoms in total. The van der Waals surface area contributed by atoms with Crippen LogP contribution in [0.5, 0.6) is 0 Å². The van der Waals surface area contributed by atoms with Crippen LogP contribution in [0, 0.1) is 0 Å². The molecule has 0 aromatic carbocycles. The van der Waals surface area contributed by atoms with Crippen LogP contribution in [0.1, 0.15) is 297 Å². The molecule has 1 atom stereocenters. The lowest BCUT2D eigenvalue weighted by molar-refractivity contribution is -0.167. The number of esters is 3. The van der Waals surface area contributed by atoms with Gasteiger partial charge in [-0.05, 0) is 44.9 Å². The van der Waals surface area contributed by atoms with Crippen LogP contribution in [0.15, 0.2) is 24.3 Å². The second kappa shape index (κ2) is 51.5. The third-order valence-corrected chi connectivity index (χ3v) is 12.2. The normalized spacial score (nSPS) is 12.1. The Labute approximate surface area is 385 Å². The van der Waals surface area contributed by atoms with Crippen LogP contribution in [-0.4, -0.2) is 37.2 Å². The second-order valence-electron chi connectivity index (χ2n) is 18.5. The van der Waals surface area contributed by atoms with E-state index in [1.807, 2.05) is 0 Å². The zero-order valence-corrected chi connectivity index (χ0v) is 41.7. The van der Waals surface area contributed by atoms with E-state index < -0.39 is 6.10 Å². The minimum Gasteiger partial charge on any atom is -0.462 e. The molecule has 0 saturated heterocycles. The van der Waals surface area contributed by atoms with Gasteiger partial charge in [-0.15, -0.1) is 0 Å². The third kappa shape index (κ3) is 48.9. The van der Waals surface area contributed by atoms with Crippen LogP contribution in [0.2, 0.25) is 0 Å². The molecule has 0 aromatic heterocycles. The van der Waals surface area contributed by atoms with E-state index in [0.717, 1.165) is 89.9 Å². The first-order valence-corrected chi connectivity index (χ1v) is 27.3. The minimum atomic E-state index is -0.772. The highest BCUT2D eigenvalue weighted by Gasteiger charge is 2.19. The number of ether oxygens (including phenoxy) is 3. The molecule has 0 aromatic rings. The van der Waals surface area contributed by atoms with Crippen LogP contribution in [0.4, 0.5) is 0 Å². The molecule has 0 amide bonds. The fourth-order valence-electron chi connectivity index (χ4n) is 8.07.